The van der Waals surface area contributed by atoms with Gasteiger partial charge in [-0.2, -0.15) is 0 Å². The molecule has 1 heterocycles. The van der Waals surface area contributed by atoms with Crippen LogP contribution in [0.15, 0.2) is 24.3 Å². The zero-order valence-electron chi connectivity index (χ0n) is 9.86. The molecule has 0 saturated carbocycles. The van der Waals surface area contributed by atoms with Crippen molar-refractivity contribution in [3.63, 3.8) is 0 Å². The Kier molecular flexibility index (Phi) is 3.76. The Hall–Kier alpha value is -0.970. The summed E-state index contributed by atoms with van der Waals surface area (Å²) < 4.78 is 24.4. The zero-order valence-corrected chi connectivity index (χ0v) is 9.86. The van der Waals surface area contributed by atoms with E-state index in [-0.39, 0.29) is 5.56 Å². The van der Waals surface area contributed by atoms with Crippen LogP contribution < -0.4 is 0 Å². The van der Waals surface area contributed by atoms with Gasteiger partial charge >= 0.3 is 0 Å². The molecule has 1 unspecified atom stereocenters. The quantitative estimate of drug-likeness (QED) is 0.878. The van der Waals surface area contributed by atoms with E-state index < -0.39 is 17.5 Å². The first-order chi connectivity index (χ1) is 8.19. The number of ether oxygens (including phenoxy) is 2. The maximum atomic E-state index is 13.7. The van der Waals surface area contributed by atoms with Crippen LogP contribution >= 0.6 is 0 Å². The average Bonchev–Trinajstić information content (AvgIpc) is 2.39. The van der Waals surface area contributed by atoms with E-state index in [9.17, 15) is 9.50 Å². The molecule has 1 saturated heterocycles. The highest BCUT2D eigenvalue weighted by atomic mass is 19.1. The number of methoxy groups -OCH3 is 1. The minimum absolute atomic E-state index is 0.288. The van der Waals surface area contributed by atoms with Gasteiger partial charge in [0.1, 0.15) is 17.5 Å². The molecule has 1 N–H and O–H groups in total. The van der Waals surface area contributed by atoms with Gasteiger partial charge in [-0.05, 0) is 6.07 Å². The molecule has 4 heteroatoms. The van der Waals surface area contributed by atoms with E-state index in [4.69, 9.17) is 9.47 Å². The van der Waals surface area contributed by atoms with Gasteiger partial charge < -0.3 is 14.6 Å². The fourth-order valence-electron chi connectivity index (χ4n) is 2.29. The van der Waals surface area contributed by atoms with Crippen LogP contribution in [0.5, 0.6) is 0 Å². The second-order valence-corrected chi connectivity index (χ2v) is 4.31. The summed E-state index contributed by atoms with van der Waals surface area (Å²) in [7, 11) is 1.55. The van der Waals surface area contributed by atoms with E-state index in [1.165, 1.54) is 6.07 Å². The summed E-state index contributed by atoms with van der Waals surface area (Å²) in [5.41, 5.74) is -0.447. The van der Waals surface area contributed by atoms with E-state index in [0.29, 0.717) is 26.1 Å². The van der Waals surface area contributed by atoms with Crippen molar-refractivity contribution in [2.24, 2.45) is 0 Å². The smallest absolute Gasteiger partial charge is 0.129 e. The topological polar surface area (TPSA) is 38.7 Å². The van der Waals surface area contributed by atoms with Gasteiger partial charge in [-0.25, -0.2) is 4.39 Å². The third-order valence-corrected chi connectivity index (χ3v) is 3.44. The SMILES string of the molecule is COC1(C(O)c2ccccc2F)CCOCC1. The van der Waals surface area contributed by atoms with E-state index in [2.05, 4.69) is 0 Å². The van der Waals surface area contributed by atoms with Gasteiger partial charge in [0.2, 0.25) is 0 Å². The Balaban J connectivity index is 2.28. The molecule has 17 heavy (non-hydrogen) atoms. The van der Waals surface area contributed by atoms with Gasteiger partial charge in [-0.15, -0.1) is 0 Å². The van der Waals surface area contributed by atoms with Crippen molar-refractivity contribution >= 4 is 0 Å². The molecule has 0 spiro atoms. The number of hydrogen-bond donors (Lipinski definition) is 1. The molecule has 1 aliphatic heterocycles. The van der Waals surface area contributed by atoms with Gasteiger partial charge in [0.05, 0.1) is 0 Å². The lowest BCUT2D eigenvalue weighted by Gasteiger charge is -2.39. The molecule has 0 radical (unpaired) electrons. The van der Waals surface area contributed by atoms with Crippen LogP contribution in [0.3, 0.4) is 0 Å². The van der Waals surface area contributed by atoms with E-state index in [0.717, 1.165) is 0 Å². The van der Waals surface area contributed by atoms with Crippen LogP contribution in [0, 0.1) is 5.82 Å². The lowest BCUT2D eigenvalue weighted by atomic mass is 9.84. The van der Waals surface area contributed by atoms with Crippen molar-refractivity contribution in [1.29, 1.82) is 0 Å². The maximum Gasteiger partial charge on any atom is 0.129 e. The lowest BCUT2D eigenvalue weighted by molar-refractivity contribution is -0.155. The number of hydrogen-bond acceptors (Lipinski definition) is 3. The normalized spacial score (nSPS) is 21.1. The van der Waals surface area contributed by atoms with Gasteiger partial charge in [-0.1, -0.05) is 18.2 Å². The Morgan fingerprint density at radius 3 is 2.59 bits per heavy atom. The first-order valence-electron chi connectivity index (χ1n) is 5.75. The van der Waals surface area contributed by atoms with Gasteiger partial charge in [-0.3, -0.25) is 0 Å². The second-order valence-electron chi connectivity index (χ2n) is 4.31. The first kappa shape index (κ1) is 12.5. The van der Waals surface area contributed by atoms with Crippen molar-refractivity contribution in [3.05, 3.63) is 35.6 Å². The van der Waals surface area contributed by atoms with Gasteiger partial charge in [0.15, 0.2) is 0 Å². The third kappa shape index (κ3) is 2.34. The number of halogens is 1. The molecule has 1 atom stereocenters. The first-order valence-corrected chi connectivity index (χ1v) is 5.75. The minimum atomic E-state index is -0.961. The Morgan fingerprint density at radius 1 is 1.35 bits per heavy atom. The summed E-state index contributed by atoms with van der Waals surface area (Å²) in [6.45, 7) is 1.05. The van der Waals surface area contributed by atoms with Gasteiger partial charge in [0.25, 0.3) is 0 Å². The zero-order chi connectivity index (χ0) is 12.3. The van der Waals surface area contributed by atoms with Crippen molar-refractivity contribution in [1.82, 2.24) is 0 Å². The molecule has 0 amide bonds. The van der Waals surface area contributed by atoms with Crippen molar-refractivity contribution in [2.45, 2.75) is 24.5 Å². The highest BCUT2D eigenvalue weighted by molar-refractivity contribution is 5.23. The molecule has 94 valence electrons. The molecule has 3 nitrogen and oxygen atoms in total. The summed E-state index contributed by atoms with van der Waals surface area (Å²) in [6.07, 6.45) is 0.176. The number of aliphatic hydroxyl groups is 1. The third-order valence-electron chi connectivity index (χ3n) is 3.44. The van der Waals surface area contributed by atoms with E-state index >= 15 is 0 Å². The molecule has 2 rings (SSSR count). The maximum absolute atomic E-state index is 13.7. The number of rotatable bonds is 3. The number of benzene rings is 1. The van der Waals surface area contributed by atoms with Crippen LogP contribution in [0.4, 0.5) is 4.39 Å². The van der Waals surface area contributed by atoms with E-state index in [1.807, 2.05) is 0 Å². The number of aliphatic hydroxyl groups excluding tert-OH is 1. The standard InChI is InChI=1S/C13H17FO3/c1-16-13(6-8-17-9-7-13)12(15)10-4-2-3-5-11(10)14/h2-5,12,15H,6-9H2,1H3. The minimum Gasteiger partial charge on any atom is -0.385 e. The monoisotopic (exact) mass is 240 g/mol. The fourth-order valence-corrected chi connectivity index (χ4v) is 2.29. The fraction of sp³-hybridized carbons (Fsp3) is 0.538. The lowest BCUT2D eigenvalue weighted by Crippen LogP contribution is -2.44. The Labute approximate surface area is 100 Å². The summed E-state index contributed by atoms with van der Waals surface area (Å²) in [4.78, 5) is 0. The molecule has 0 aromatic heterocycles. The molecule has 1 aliphatic rings. The predicted molar refractivity (Wildman–Crippen MR) is 61.2 cm³/mol. The van der Waals surface area contributed by atoms with E-state index in [1.54, 1.807) is 25.3 Å². The molecule has 1 aromatic rings. The van der Waals surface area contributed by atoms with Crippen molar-refractivity contribution in [2.75, 3.05) is 20.3 Å². The largest absolute Gasteiger partial charge is 0.385 e. The molecular weight excluding hydrogens is 223 g/mol. The van der Waals surface area contributed by atoms with Crippen LogP contribution in [0.2, 0.25) is 0 Å². The summed E-state index contributed by atoms with van der Waals surface area (Å²) in [5, 5.41) is 10.4. The summed E-state index contributed by atoms with van der Waals surface area (Å²) in [6, 6.07) is 6.26. The van der Waals surface area contributed by atoms with Crippen LogP contribution in [0.1, 0.15) is 24.5 Å². The van der Waals surface area contributed by atoms with Crippen molar-refractivity contribution < 1.29 is 19.0 Å². The molecule has 1 aromatic carbocycles. The molecule has 0 bridgehead atoms. The van der Waals surface area contributed by atoms with Gasteiger partial charge in [0, 0.05) is 38.7 Å². The Morgan fingerprint density at radius 2 is 2.00 bits per heavy atom. The highest BCUT2D eigenvalue weighted by Crippen LogP contribution is 2.37. The second kappa shape index (κ2) is 5.12. The summed E-state index contributed by atoms with van der Waals surface area (Å²) >= 11 is 0. The van der Waals surface area contributed by atoms with Crippen LogP contribution in [0.25, 0.3) is 0 Å². The van der Waals surface area contributed by atoms with Crippen molar-refractivity contribution in [3.8, 4) is 0 Å². The molecule has 1 fully saturated rings. The van der Waals surface area contributed by atoms with Crippen LogP contribution in [-0.2, 0) is 9.47 Å². The summed E-state index contributed by atoms with van der Waals surface area (Å²) in [5.74, 6) is -0.400. The highest BCUT2D eigenvalue weighted by Gasteiger charge is 2.41. The van der Waals surface area contributed by atoms with Crippen LogP contribution in [-0.4, -0.2) is 31.0 Å². The molecule has 0 aliphatic carbocycles. The Bertz CT molecular complexity index is 375. The predicted octanol–water partition coefficient (Wildman–Crippen LogP) is 2.05. The molecular formula is C13H17FO3. The average molecular weight is 240 g/mol.